The number of carboxylic acids is 1. The highest BCUT2D eigenvalue weighted by Gasteiger charge is 2.14. The molecule has 2 amide bonds. The summed E-state index contributed by atoms with van der Waals surface area (Å²) in [4.78, 5) is 22.7. The van der Waals surface area contributed by atoms with Gasteiger partial charge in [-0.1, -0.05) is 0 Å². The molecule has 0 aliphatic rings. The number of rotatable bonds is 5. The molecule has 3 N–H and O–H groups in total. The van der Waals surface area contributed by atoms with Crippen LogP contribution in [0.15, 0.2) is 22.7 Å². The molecule has 0 saturated carbocycles. The highest BCUT2D eigenvalue weighted by atomic mass is 79.9. The van der Waals surface area contributed by atoms with Crippen molar-refractivity contribution in [1.82, 2.24) is 5.32 Å². The summed E-state index contributed by atoms with van der Waals surface area (Å²) in [5.41, 5.74) is 0.302. The average molecular weight is 379 g/mol. The fourth-order valence-electron chi connectivity index (χ4n) is 1.65. The van der Waals surface area contributed by atoms with Crippen molar-refractivity contribution in [2.24, 2.45) is 0 Å². The van der Waals surface area contributed by atoms with Crippen LogP contribution in [0.2, 0.25) is 0 Å². The van der Waals surface area contributed by atoms with E-state index >= 15 is 0 Å². The molecule has 0 spiro atoms. The third kappa shape index (κ3) is 6.13. The Morgan fingerprint density at radius 3 is 2.52 bits per heavy atom. The second kappa shape index (κ2) is 6.90. The summed E-state index contributed by atoms with van der Waals surface area (Å²) in [5, 5.41) is 13.9. The van der Waals surface area contributed by atoms with Crippen LogP contribution in [0.25, 0.3) is 0 Å². The van der Waals surface area contributed by atoms with Crippen molar-refractivity contribution in [3.8, 4) is 0 Å². The number of amides is 2. The van der Waals surface area contributed by atoms with Crippen molar-refractivity contribution in [2.45, 2.75) is 13.0 Å². The molecule has 21 heavy (non-hydrogen) atoms. The van der Waals surface area contributed by atoms with Gasteiger partial charge in [-0.15, -0.1) is 0 Å². The Morgan fingerprint density at radius 1 is 1.38 bits per heavy atom. The largest absolute Gasteiger partial charge is 0.478 e. The van der Waals surface area contributed by atoms with Gasteiger partial charge < -0.3 is 15.7 Å². The molecule has 9 heteroatoms. The Kier molecular flexibility index (Phi) is 5.73. The van der Waals surface area contributed by atoms with E-state index in [1.807, 2.05) is 0 Å². The van der Waals surface area contributed by atoms with Gasteiger partial charge in [0.05, 0.1) is 11.3 Å². The number of aromatic carboxylic acids is 1. The summed E-state index contributed by atoms with van der Waals surface area (Å²) in [6, 6.07) is 3.16. The van der Waals surface area contributed by atoms with Crippen LogP contribution in [0.3, 0.4) is 0 Å². The number of sulfone groups is 1. The number of anilines is 1. The minimum absolute atomic E-state index is 0.0111. The molecule has 1 atom stereocenters. The predicted molar refractivity (Wildman–Crippen MR) is 82.4 cm³/mol. The highest BCUT2D eigenvalue weighted by molar-refractivity contribution is 9.10. The predicted octanol–water partition coefficient (Wildman–Crippen LogP) is 1.70. The number of nitrogens with one attached hydrogen (secondary N) is 2. The molecule has 0 fully saturated rings. The van der Waals surface area contributed by atoms with Gasteiger partial charge in [0.25, 0.3) is 0 Å². The van der Waals surface area contributed by atoms with Crippen LogP contribution >= 0.6 is 15.9 Å². The second-order valence-electron chi connectivity index (χ2n) is 4.59. The molecule has 0 aliphatic carbocycles. The third-order valence-corrected chi connectivity index (χ3v) is 4.18. The van der Waals surface area contributed by atoms with Crippen LogP contribution in [-0.4, -0.2) is 43.6 Å². The summed E-state index contributed by atoms with van der Waals surface area (Å²) < 4.78 is 22.6. The lowest BCUT2D eigenvalue weighted by Gasteiger charge is -2.14. The van der Waals surface area contributed by atoms with Crippen molar-refractivity contribution in [3.05, 3.63) is 28.2 Å². The Balaban J connectivity index is 2.71. The maximum Gasteiger partial charge on any atom is 0.336 e. The summed E-state index contributed by atoms with van der Waals surface area (Å²) in [6.07, 6.45) is 1.08. The van der Waals surface area contributed by atoms with E-state index in [0.29, 0.717) is 10.2 Å². The smallest absolute Gasteiger partial charge is 0.336 e. The first-order valence-corrected chi connectivity index (χ1v) is 8.72. The minimum atomic E-state index is -3.19. The number of urea groups is 1. The van der Waals surface area contributed by atoms with E-state index in [1.54, 1.807) is 6.92 Å². The maximum absolute atomic E-state index is 11.7. The lowest BCUT2D eigenvalue weighted by Crippen LogP contribution is -2.39. The zero-order valence-corrected chi connectivity index (χ0v) is 13.8. The summed E-state index contributed by atoms with van der Waals surface area (Å²) in [7, 11) is -3.19. The van der Waals surface area contributed by atoms with E-state index in [9.17, 15) is 18.0 Å². The lowest BCUT2D eigenvalue weighted by atomic mass is 10.2. The zero-order valence-electron chi connectivity index (χ0n) is 11.4. The van der Waals surface area contributed by atoms with Gasteiger partial charge >= 0.3 is 12.0 Å². The number of carbonyl (C=O) groups excluding carboxylic acids is 1. The third-order valence-electron chi connectivity index (χ3n) is 2.38. The van der Waals surface area contributed by atoms with Crippen molar-refractivity contribution >= 4 is 43.5 Å². The first kappa shape index (κ1) is 17.4. The molecular formula is C12H15BrN2O5S. The van der Waals surface area contributed by atoms with Crippen LogP contribution in [0, 0.1) is 0 Å². The lowest BCUT2D eigenvalue weighted by molar-refractivity contribution is 0.0696. The van der Waals surface area contributed by atoms with Gasteiger partial charge in [-0.25, -0.2) is 18.0 Å². The summed E-state index contributed by atoms with van der Waals surface area (Å²) in [5.74, 6) is -1.31. The number of benzene rings is 1. The molecular weight excluding hydrogens is 364 g/mol. The fourth-order valence-corrected chi connectivity index (χ4v) is 3.06. The number of hydrogen-bond acceptors (Lipinski definition) is 4. The normalized spacial score (nSPS) is 12.5. The van der Waals surface area contributed by atoms with Crippen LogP contribution in [0.1, 0.15) is 17.3 Å². The van der Waals surface area contributed by atoms with E-state index < -0.39 is 27.9 Å². The van der Waals surface area contributed by atoms with Crippen molar-refractivity contribution in [3.63, 3.8) is 0 Å². The Bertz CT molecular complexity index is 660. The zero-order chi connectivity index (χ0) is 16.2. The number of carbonyl (C=O) groups is 2. The van der Waals surface area contributed by atoms with Gasteiger partial charge in [-0.3, -0.25) is 0 Å². The molecule has 0 aromatic heterocycles. The Hall–Kier alpha value is -1.61. The van der Waals surface area contributed by atoms with Gasteiger partial charge in [-0.05, 0) is 41.1 Å². The average Bonchev–Trinajstić information content (AvgIpc) is 2.28. The van der Waals surface area contributed by atoms with Gasteiger partial charge in [0, 0.05) is 22.5 Å². The molecule has 1 aromatic carbocycles. The summed E-state index contributed by atoms with van der Waals surface area (Å²) >= 11 is 3.09. The second-order valence-corrected chi connectivity index (χ2v) is 7.63. The summed E-state index contributed by atoms with van der Waals surface area (Å²) in [6.45, 7) is 1.56. The Labute approximate surface area is 130 Å². The molecule has 0 radical (unpaired) electrons. The molecule has 0 aliphatic heterocycles. The molecule has 1 rings (SSSR count). The number of halogens is 1. The van der Waals surface area contributed by atoms with Crippen molar-refractivity contribution in [1.29, 1.82) is 0 Å². The minimum Gasteiger partial charge on any atom is -0.478 e. The van der Waals surface area contributed by atoms with Crippen molar-refractivity contribution < 1.29 is 23.1 Å². The molecule has 116 valence electrons. The molecule has 1 unspecified atom stereocenters. The van der Waals surface area contributed by atoms with E-state index in [1.165, 1.54) is 18.2 Å². The van der Waals surface area contributed by atoms with E-state index in [4.69, 9.17) is 5.11 Å². The molecule has 7 nitrogen and oxygen atoms in total. The first-order chi connectivity index (χ1) is 9.58. The topological polar surface area (TPSA) is 113 Å². The number of carboxylic acid groups (broad SMARTS) is 1. The standard InChI is InChI=1S/C12H15BrN2O5S/c1-7(6-21(2,19)20)14-12(18)15-8-3-4-10(13)9(5-8)11(16)17/h3-5,7H,6H2,1-2H3,(H,16,17)(H2,14,15,18). The Morgan fingerprint density at radius 2 is 2.00 bits per heavy atom. The molecule has 0 saturated heterocycles. The fraction of sp³-hybridized carbons (Fsp3) is 0.333. The van der Waals surface area contributed by atoms with Gasteiger partial charge in [0.1, 0.15) is 9.84 Å². The first-order valence-electron chi connectivity index (χ1n) is 5.86. The van der Waals surface area contributed by atoms with Gasteiger partial charge in [0.15, 0.2) is 0 Å². The van der Waals surface area contributed by atoms with E-state index in [-0.39, 0.29) is 11.3 Å². The van der Waals surface area contributed by atoms with Crippen LogP contribution in [0.5, 0.6) is 0 Å². The van der Waals surface area contributed by atoms with Gasteiger partial charge in [0.2, 0.25) is 0 Å². The van der Waals surface area contributed by atoms with E-state index in [0.717, 1.165) is 6.26 Å². The molecule has 0 heterocycles. The van der Waals surface area contributed by atoms with Crippen LogP contribution in [0.4, 0.5) is 10.5 Å². The highest BCUT2D eigenvalue weighted by Crippen LogP contribution is 2.21. The van der Waals surface area contributed by atoms with Crippen LogP contribution in [-0.2, 0) is 9.84 Å². The monoisotopic (exact) mass is 378 g/mol. The molecule has 0 bridgehead atoms. The quantitative estimate of drug-likeness (QED) is 0.721. The van der Waals surface area contributed by atoms with Gasteiger partial charge in [-0.2, -0.15) is 0 Å². The van der Waals surface area contributed by atoms with E-state index in [2.05, 4.69) is 26.6 Å². The van der Waals surface area contributed by atoms with Crippen molar-refractivity contribution in [2.75, 3.05) is 17.3 Å². The SMILES string of the molecule is CC(CS(C)(=O)=O)NC(=O)Nc1ccc(Br)c(C(=O)O)c1. The maximum atomic E-state index is 11.7. The van der Waals surface area contributed by atoms with Crippen LogP contribution < -0.4 is 10.6 Å². The molecule has 1 aromatic rings. The number of hydrogen-bond donors (Lipinski definition) is 3.